The van der Waals surface area contributed by atoms with Crippen LogP contribution in [0.4, 0.5) is 4.39 Å². The molecule has 0 aromatic rings. The fourth-order valence-electron chi connectivity index (χ4n) is 1.34. The lowest BCUT2D eigenvalue weighted by molar-refractivity contribution is -0.00840. The predicted octanol–water partition coefficient (Wildman–Crippen LogP) is 2.47. The van der Waals surface area contributed by atoms with Gasteiger partial charge in [-0.3, -0.25) is 4.90 Å². The molecule has 1 rings (SSSR count). The first-order chi connectivity index (χ1) is 6.22. The van der Waals surface area contributed by atoms with Gasteiger partial charge in [-0.05, 0) is 34.6 Å². The van der Waals surface area contributed by atoms with Crippen LogP contribution in [0.2, 0.25) is 0 Å². The molecule has 0 aromatic carbocycles. The summed E-state index contributed by atoms with van der Waals surface area (Å²) < 4.78 is 13.8. The van der Waals surface area contributed by atoms with Gasteiger partial charge in [-0.1, -0.05) is 11.8 Å². The third-order valence-electron chi connectivity index (χ3n) is 2.30. The number of halogens is 1. The molecule has 14 heavy (non-hydrogen) atoms. The largest absolute Gasteiger partial charge is 0.292 e. The first-order valence-electron chi connectivity index (χ1n) is 5.19. The normalized spacial score (nSPS) is 21.4. The molecule has 80 valence electrons. The average Bonchev–Trinajstić information content (AvgIpc) is 1.93. The smallest absolute Gasteiger partial charge is 0.195 e. The van der Waals surface area contributed by atoms with Crippen molar-refractivity contribution in [2.75, 3.05) is 13.1 Å². The van der Waals surface area contributed by atoms with Crippen molar-refractivity contribution in [1.82, 2.24) is 4.90 Å². The van der Waals surface area contributed by atoms with Gasteiger partial charge in [-0.15, -0.1) is 0 Å². The van der Waals surface area contributed by atoms with Crippen LogP contribution in [-0.2, 0) is 0 Å². The molecule has 0 amide bonds. The lowest BCUT2D eigenvalue weighted by Crippen LogP contribution is -2.60. The van der Waals surface area contributed by atoms with Crippen LogP contribution >= 0.6 is 0 Å². The number of hydrogen-bond donors (Lipinski definition) is 0. The van der Waals surface area contributed by atoms with Gasteiger partial charge in [0.15, 0.2) is 5.67 Å². The summed E-state index contributed by atoms with van der Waals surface area (Å²) in [5.41, 5.74) is -1.35. The highest BCUT2D eigenvalue weighted by Crippen LogP contribution is 2.27. The topological polar surface area (TPSA) is 3.24 Å². The van der Waals surface area contributed by atoms with Gasteiger partial charge >= 0.3 is 0 Å². The molecule has 0 bridgehead atoms. The zero-order valence-corrected chi connectivity index (χ0v) is 9.82. The Morgan fingerprint density at radius 3 is 2.14 bits per heavy atom. The molecule has 0 N–H and O–H groups in total. The fourth-order valence-corrected chi connectivity index (χ4v) is 1.34. The number of hydrogen-bond acceptors (Lipinski definition) is 1. The second-order valence-electron chi connectivity index (χ2n) is 5.46. The molecule has 0 aliphatic carbocycles. The second kappa shape index (κ2) is 3.55. The molecule has 0 aromatic heterocycles. The van der Waals surface area contributed by atoms with E-state index in [1.165, 1.54) is 0 Å². The van der Waals surface area contributed by atoms with Crippen molar-refractivity contribution >= 4 is 0 Å². The van der Waals surface area contributed by atoms with Gasteiger partial charge in [0.05, 0.1) is 0 Å². The zero-order chi connectivity index (χ0) is 11.0. The molecular formula is C12H20FN. The minimum absolute atomic E-state index is 0.0999. The Morgan fingerprint density at radius 2 is 1.79 bits per heavy atom. The van der Waals surface area contributed by atoms with Crippen LogP contribution in [0.25, 0.3) is 0 Å². The standard InChI is InChI=1S/C12H20FN/c1-10(2)14-8-12(13,9-14)7-6-11(3,4)5/h10H,8-9H2,1-5H3. The SMILES string of the molecule is CC(C)N1CC(F)(C#CC(C)(C)C)C1. The van der Waals surface area contributed by atoms with E-state index in [1.54, 1.807) is 0 Å². The van der Waals surface area contributed by atoms with Crippen LogP contribution in [0.1, 0.15) is 34.6 Å². The summed E-state index contributed by atoms with van der Waals surface area (Å²) >= 11 is 0. The van der Waals surface area contributed by atoms with E-state index in [0.717, 1.165) is 0 Å². The minimum Gasteiger partial charge on any atom is -0.292 e. The van der Waals surface area contributed by atoms with Crippen molar-refractivity contribution in [2.24, 2.45) is 5.41 Å². The van der Waals surface area contributed by atoms with Crippen molar-refractivity contribution in [3.8, 4) is 11.8 Å². The molecule has 0 unspecified atom stereocenters. The third kappa shape index (κ3) is 2.99. The van der Waals surface area contributed by atoms with Crippen LogP contribution in [-0.4, -0.2) is 29.7 Å². The molecule has 0 saturated carbocycles. The summed E-state index contributed by atoms with van der Waals surface area (Å²) in [6.45, 7) is 11.1. The third-order valence-corrected chi connectivity index (χ3v) is 2.30. The average molecular weight is 197 g/mol. The van der Waals surface area contributed by atoms with Crippen LogP contribution in [0, 0.1) is 17.3 Å². The Kier molecular flexibility index (Phi) is 2.92. The Balaban J connectivity index is 2.52. The molecule has 2 heteroatoms. The number of rotatable bonds is 1. The lowest BCUT2D eigenvalue weighted by atomic mass is 9.91. The van der Waals surface area contributed by atoms with Crippen molar-refractivity contribution < 1.29 is 4.39 Å². The number of likely N-dealkylation sites (tertiary alicyclic amines) is 1. The summed E-state index contributed by atoms with van der Waals surface area (Å²) in [7, 11) is 0. The summed E-state index contributed by atoms with van der Waals surface area (Å²) in [6.07, 6.45) is 0. The molecule has 1 fully saturated rings. The Hall–Kier alpha value is -0.550. The fraction of sp³-hybridized carbons (Fsp3) is 0.833. The first kappa shape index (κ1) is 11.5. The molecule has 0 atom stereocenters. The van der Waals surface area contributed by atoms with Crippen LogP contribution < -0.4 is 0 Å². The predicted molar refractivity (Wildman–Crippen MR) is 57.8 cm³/mol. The van der Waals surface area contributed by atoms with E-state index in [9.17, 15) is 4.39 Å². The highest BCUT2D eigenvalue weighted by atomic mass is 19.1. The summed E-state index contributed by atoms with van der Waals surface area (Å²) in [6, 6.07) is 0.426. The molecule has 1 saturated heterocycles. The Bertz CT molecular complexity index is 258. The van der Waals surface area contributed by atoms with E-state index in [2.05, 4.69) is 30.6 Å². The molecule has 1 aliphatic heterocycles. The molecule has 1 aliphatic rings. The van der Waals surface area contributed by atoms with Crippen molar-refractivity contribution in [2.45, 2.75) is 46.3 Å². The van der Waals surface area contributed by atoms with Crippen LogP contribution in [0.5, 0.6) is 0 Å². The number of nitrogens with zero attached hydrogens (tertiary/aromatic N) is 1. The Morgan fingerprint density at radius 1 is 1.29 bits per heavy atom. The maximum Gasteiger partial charge on any atom is 0.195 e. The van der Waals surface area contributed by atoms with Gasteiger partial charge in [0.1, 0.15) is 0 Å². The molecule has 0 radical (unpaired) electrons. The van der Waals surface area contributed by atoms with Crippen molar-refractivity contribution in [3.63, 3.8) is 0 Å². The van der Waals surface area contributed by atoms with E-state index in [-0.39, 0.29) is 5.41 Å². The maximum absolute atomic E-state index is 13.8. The van der Waals surface area contributed by atoms with E-state index in [1.807, 2.05) is 20.8 Å². The minimum atomic E-state index is -1.25. The van der Waals surface area contributed by atoms with Crippen molar-refractivity contribution in [1.29, 1.82) is 0 Å². The monoisotopic (exact) mass is 197 g/mol. The zero-order valence-electron chi connectivity index (χ0n) is 9.82. The van der Waals surface area contributed by atoms with Crippen LogP contribution in [0.15, 0.2) is 0 Å². The molecular weight excluding hydrogens is 177 g/mol. The molecule has 0 spiro atoms. The highest BCUT2D eigenvalue weighted by molar-refractivity contribution is 5.23. The summed E-state index contributed by atoms with van der Waals surface area (Å²) in [4.78, 5) is 2.09. The summed E-state index contributed by atoms with van der Waals surface area (Å²) in [5, 5.41) is 0. The Labute approximate surface area is 86.7 Å². The van der Waals surface area contributed by atoms with Gasteiger partial charge in [0.25, 0.3) is 0 Å². The van der Waals surface area contributed by atoms with Gasteiger partial charge in [0.2, 0.25) is 0 Å². The second-order valence-corrected chi connectivity index (χ2v) is 5.46. The highest BCUT2D eigenvalue weighted by Gasteiger charge is 2.43. The van der Waals surface area contributed by atoms with Crippen LogP contribution in [0.3, 0.4) is 0 Å². The van der Waals surface area contributed by atoms with E-state index in [4.69, 9.17) is 0 Å². The maximum atomic E-state index is 13.8. The van der Waals surface area contributed by atoms with Gasteiger partial charge < -0.3 is 0 Å². The van der Waals surface area contributed by atoms with E-state index in [0.29, 0.717) is 19.1 Å². The first-order valence-corrected chi connectivity index (χ1v) is 5.19. The molecule has 1 heterocycles. The number of alkyl halides is 1. The van der Waals surface area contributed by atoms with E-state index < -0.39 is 5.67 Å². The quantitative estimate of drug-likeness (QED) is 0.584. The van der Waals surface area contributed by atoms with Gasteiger partial charge in [0, 0.05) is 24.5 Å². The summed E-state index contributed by atoms with van der Waals surface area (Å²) in [5.74, 6) is 5.73. The lowest BCUT2D eigenvalue weighted by Gasteiger charge is -2.43. The van der Waals surface area contributed by atoms with Crippen molar-refractivity contribution in [3.05, 3.63) is 0 Å². The van der Waals surface area contributed by atoms with E-state index >= 15 is 0 Å². The van der Waals surface area contributed by atoms with Gasteiger partial charge in [-0.2, -0.15) is 0 Å². The molecule has 1 nitrogen and oxygen atoms in total. The van der Waals surface area contributed by atoms with Gasteiger partial charge in [-0.25, -0.2) is 4.39 Å².